The maximum atomic E-state index is 13.9. The molecule has 0 saturated carbocycles. The second kappa shape index (κ2) is 12.3. The summed E-state index contributed by atoms with van der Waals surface area (Å²) in [5.74, 6) is 3.30. The molecule has 1 unspecified atom stereocenters. The molecule has 34 heavy (non-hydrogen) atoms. The van der Waals surface area contributed by atoms with E-state index >= 15 is 0 Å². The van der Waals surface area contributed by atoms with Gasteiger partial charge in [-0.3, -0.25) is 4.90 Å². The molecule has 3 rings (SSSR count). The highest BCUT2D eigenvalue weighted by Gasteiger charge is 2.23. The largest absolute Gasteiger partial charge is 0.438 e. The third-order valence-electron chi connectivity index (χ3n) is 5.12. The molecule has 0 bridgehead atoms. The Bertz CT molecular complexity index is 1090. The Kier molecular flexibility index (Phi) is 9.23. The van der Waals surface area contributed by atoms with Crippen LogP contribution in [0.3, 0.4) is 0 Å². The van der Waals surface area contributed by atoms with Gasteiger partial charge < -0.3 is 14.6 Å². The van der Waals surface area contributed by atoms with Crippen molar-refractivity contribution in [2.24, 2.45) is 5.92 Å². The molecule has 0 amide bonds. The molecule has 1 atom stereocenters. The zero-order chi connectivity index (χ0) is 24.5. The number of rotatable bonds is 12. The number of aliphatic hydroxyl groups is 1. The number of terminal acetylenes is 1. The lowest BCUT2D eigenvalue weighted by Crippen LogP contribution is -2.37. The van der Waals surface area contributed by atoms with Gasteiger partial charge in [-0.05, 0) is 37.1 Å². The summed E-state index contributed by atoms with van der Waals surface area (Å²) in [5.41, 5.74) is 2.49. The van der Waals surface area contributed by atoms with Crippen molar-refractivity contribution in [3.05, 3.63) is 71.7 Å². The number of hydrogen-bond donors (Lipinski definition) is 1. The lowest BCUT2D eigenvalue weighted by molar-refractivity contribution is 0.0236. The quantitative estimate of drug-likeness (QED) is 0.313. The van der Waals surface area contributed by atoms with Crippen LogP contribution in [0.2, 0.25) is 0 Å². The predicted octanol–water partition coefficient (Wildman–Crippen LogP) is 4.58. The summed E-state index contributed by atoms with van der Waals surface area (Å²) in [4.78, 5) is 2.15. The number of halogens is 1. The zero-order valence-electron chi connectivity index (χ0n) is 19.9. The highest BCUT2D eigenvalue weighted by molar-refractivity contribution is 5.43. The molecule has 3 aromatic rings. The van der Waals surface area contributed by atoms with Crippen LogP contribution in [0.15, 0.2) is 54.6 Å². The molecule has 0 aliphatic heterocycles. The van der Waals surface area contributed by atoms with E-state index in [0.717, 1.165) is 23.5 Å². The van der Waals surface area contributed by atoms with E-state index in [1.165, 1.54) is 12.1 Å². The van der Waals surface area contributed by atoms with E-state index in [2.05, 4.69) is 24.7 Å². The molecule has 6 nitrogen and oxygen atoms in total. The lowest BCUT2D eigenvalue weighted by atomic mass is 10.1. The predicted molar refractivity (Wildman–Crippen MR) is 131 cm³/mol. The Balaban J connectivity index is 1.94. The first-order valence-corrected chi connectivity index (χ1v) is 11.4. The minimum Gasteiger partial charge on any atom is -0.438 e. The minimum absolute atomic E-state index is 0.160. The van der Waals surface area contributed by atoms with Gasteiger partial charge in [0.25, 0.3) is 0 Å². The van der Waals surface area contributed by atoms with Crippen molar-refractivity contribution >= 4 is 0 Å². The van der Waals surface area contributed by atoms with Gasteiger partial charge in [-0.1, -0.05) is 44.0 Å². The van der Waals surface area contributed by atoms with E-state index in [9.17, 15) is 9.50 Å². The van der Waals surface area contributed by atoms with Crippen molar-refractivity contribution in [2.45, 2.75) is 33.4 Å². The van der Waals surface area contributed by atoms with E-state index in [0.29, 0.717) is 30.6 Å². The number of benzene rings is 2. The summed E-state index contributed by atoms with van der Waals surface area (Å²) in [6.45, 7) is 8.14. The van der Waals surface area contributed by atoms with Gasteiger partial charge in [-0.2, -0.15) is 5.10 Å². The average Bonchev–Trinajstić information content (AvgIpc) is 3.09. The van der Waals surface area contributed by atoms with Crippen molar-refractivity contribution in [1.82, 2.24) is 14.7 Å². The van der Waals surface area contributed by atoms with Crippen LogP contribution < -0.4 is 4.74 Å². The van der Waals surface area contributed by atoms with Gasteiger partial charge in [0.1, 0.15) is 18.2 Å². The molecular formula is C27H32FN3O3. The molecule has 0 aliphatic rings. The van der Waals surface area contributed by atoms with Crippen LogP contribution in [0.5, 0.6) is 11.6 Å². The lowest BCUT2D eigenvalue weighted by Gasteiger charge is -2.27. The van der Waals surface area contributed by atoms with Crippen molar-refractivity contribution in [1.29, 1.82) is 0 Å². The Hall–Kier alpha value is -3.18. The second-order valence-corrected chi connectivity index (χ2v) is 8.64. The maximum Gasteiger partial charge on any atom is 0.227 e. The maximum absolute atomic E-state index is 13.9. The summed E-state index contributed by atoms with van der Waals surface area (Å²) >= 11 is 0. The molecule has 2 aromatic carbocycles. The van der Waals surface area contributed by atoms with Gasteiger partial charge in [0, 0.05) is 25.7 Å². The highest BCUT2D eigenvalue weighted by Crippen LogP contribution is 2.32. The molecule has 7 heteroatoms. The first-order valence-electron chi connectivity index (χ1n) is 11.4. The SMILES string of the molecule is C#CCOCC(O)CN(Cc1c(C)nn(-c2ccccc2)c1Oc1cccc(F)c1)CC(C)C. The van der Waals surface area contributed by atoms with Gasteiger partial charge in [-0.15, -0.1) is 6.42 Å². The van der Waals surface area contributed by atoms with Gasteiger partial charge in [-0.25, -0.2) is 9.07 Å². The summed E-state index contributed by atoms with van der Waals surface area (Å²) < 4.78 is 27.1. The third kappa shape index (κ3) is 7.16. The molecule has 1 aromatic heterocycles. The molecule has 1 heterocycles. The van der Waals surface area contributed by atoms with Crippen molar-refractivity contribution in [2.75, 3.05) is 26.3 Å². The van der Waals surface area contributed by atoms with Crippen LogP contribution in [0.25, 0.3) is 5.69 Å². The van der Waals surface area contributed by atoms with Gasteiger partial charge in [0.2, 0.25) is 5.88 Å². The molecule has 0 spiro atoms. The monoisotopic (exact) mass is 465 g/mol. The summed E-state index contributed by atoms with van der Waals surface area (Å²) in [5, 5.41) is 15.2. The Morgan fingerprint density at radius 3 is 2.59 bits per heavy atom. The molecule has 1 N–H and O–H groups in total. The van der Waals surface area contributed by atoms with Crippen LogP contribution in [0.4, 0.5) is 4.39 Å². The fourth-order valence-corrected chi connectivity index (χ4v) is 3.76. The van der Waals surface area contributed by atoms with Crippen LogP contribution >= 0.6 is 0 Å². The van der Waals surface area contributed by atoms with E-state index < -0.39 is 6.10 Å². The minimum atomic E-state index is -0.691. The number of hydrogen-bond acceptors (Lipinski definition) is 5. The summed E-state index contributed by atoms with van der Waals surface area (Å²) in [6, 6.07) is 15.7. The Morgan fingerprint density at radius 1 is 1.15 bits per heavy atom. The van der Waals surface area contributed by atoms with Gasteiger partial charge in [0.15, 0.2) is 0 Å². The normalized spacial score (nSPS) is 12.2. The fourth-order valence-electron chi connectivity index (χ4n) is 3.76. The fraction of sp³-hybridized carbons (Fsp3) is 0.370. The van der Waals surface area contributed by atoms with E-state index in [-0.39, 0.29) is 19.0 Å². The second-order valence-electron chi connectivity index (χ2n) is 8.64. The molecule has 0 fully saturated rings. The average molecular weight is 466 g/mol. The van der Waals surface area contributed by atoms with Crippen molar-refractivity contribution in [3.8, 4) is 29.7 Å². The molecule has 0 saturated heterocycles. The van der Waals surface area contributed by atoms with E-state index in [1.54, 1.807) is 16.8 Å². The zero-order valence-corrected chi connectivity index (χ0v) is 19.9. The topological polar surface area (TPSA) is 59.8 Å². The Morgan fingerprint density at radius 2 is 1.91 bits per heavy atom. The first kappa shape index (κ1) is 25.4. The number of para-hydroxylation sites is 1. The molecule has 0 aliphatic carbocycles. The van der Waals surface area contributed by atoms with Gasteiger partial charge in [0.05, 0.1) is 29.7 Å². The van der Waals surface area contributed by atoms with Crippen LogP contribution in [0, 0.1) is 31.0 Å². The van der Waals surface area contributed by atoms with E-state index in [4.69, 9.17) is 21.0 Å². The van der Waals surface area contributed by atoms with Crippen LogP contribution in [-0.2, 0) is 11.3 Å². The smallest absolute Gasteiger partial charge is 0.227 e. The highest BCUT2D eigenvalue weighted by atomic mass is 19.1. The number of ether oxygens (including phenoxy) is 2. The molecule has 180 valence electrons. The third-order valence-corrected chi connectivity index (χ3v) is 5.12. The van der Waals surface area contributed by atoms with Crippen LogP contribution in [-0.4, -0.2) is 52.2 Å². The first-order chi connectivity index (χ1) is 16.4. The molecular weight excluding hydrogens is 433 g/mol. The summed E-state index contributed by atoms with van der Waals surface area (Å²) in [6.07, 6.45) is 4.54. The van der Waals surface area contributed by atoms with Gasteiger partial charge >= 0.3 is 0 Å². The molecule has 0 radical (unpaired) electrons. The number of aromatic nitrogens is 2. The van der Waals surface area contributed by atoms with Crippen LogP contribution in [0.1, 0.15) is 25.1 Å². The van der Waals surface area contributed by atoms with Crippen molar-refractivity contribution < 1.29 is 19.0 Å². The Labute approximate surface area is 200 Å². The number of nitrogens with zero attached hydrogens (tertiary/aromatic N) is 3. The van der Waals surface area contributed by atoms with E-state index in [1.807, 2.05) is 37.3 Å². The standard InChI is InChI=1S/C27H32FN3O3/c1-5-14-33-19-24(32)17-30(16-20(2)3)18-26-21(4)29-31(23-11-7-6-8-12-23)27(26)34-25-13-9-10-22(28)15-25/h1,6-13,15,20,24,32H,14,16-19H2,2-4H3. The summed E-state index contributed by atoms with van der Waals surface area (Å²) in [7, 11) is 0. The number of aryl methyl sites for hydroxylation is 1. The van der Waals surface area contributed by atoms with Crippen molar-refractivity contribution in [3.63, 3.8) is 0 Å². The number of aliphatic hydroxyl groups excluding tert-OH is 1.